The molecule has 0 aromatic rings. The van der Waals surface area contributed by atoms with Gasteiger partial charge < -0.3 is 10.6 Å². The van der Waals surface area contributed by atoms with Crippen molar-refractivity contribution in [2.45, 2.75) is 51.9 Å². The average molecular weight is 268 g/mol. The number of carbonyl (C=O) groups excluding carboxylic acids is 1. The fraction of sp³-hybridized carbons (Fsp3) is 0.857. The summed E-state index contributed by atoms with van der Waals surface area (Å²) in [5.41, 5.74) is 5.40. The van der Waals surface area contributed by atoms with E-state index in [0.29, 0.717) is 4.99 Å². The topological polar surface area (TPSA) is 46.3 Å². The van der Waals surface area contributed by atoms with Gasteiger partial charge in [0.05, 0.1) is 10.4 Å². The largest absolute Gasteiger partial charge is 0.392 e. The summed E-state index contributed by atoms with van der Waals surface area (Å²) in [6, 6.07) is 0. The Morgan fingerprint density at radius 1 is 1.33 bits per heavy atom. The van der Waals surface area contributed by atoms with E-state index in [2.05, 4.69) is 6.92 Å². The van der Waals surface area contributed by atoms with Gasteiger partial charge in [-0.3, -0.25) is 4.79 Å². The average Bonchev–Trinajstić information content (AvgIpc) is 3.19. The molecule has 0 saturated heterocycles. The Balaban J connectivity index is 2.12. The highest BCUT2D eigenvalue weighted by Gasteiger charge is 2.45. The van der Waals surface area contributed by atoms with Gasteiger partial charge in [0.25, 0.3) is 0 Å². The van der Waals surface area contributed by atoms with Crippen LogP contribution in [0.1, 0.15) is 51.9 Å². The third-order valence-electron chi connectivity index (χ3n) is 4.43. The van der Waals surface area contributed by atoms with E-state index in [1.165, 1.54) is 19.3 Å². The minimum atomic E-state index is -0.529. The zero-order valence-electron chi connectivity index (χ0n) is 11.3. The zero-order chi connectivity index (χ0) is 13.2. The lowest BCUT2D eigenvalue weighted by Crippen LogP contribution is -2.52. The van der Waals surface area contributed by atoms with E-state index in [1.54, 1.807) is 0 Å². The third-order valence-corrected chi connectivity index (χ3v) is 4.82. The molecule has 0 atom stereocenters. The summed E-state index contributed by atoms with van der Waals surface area (Å²) in [5.74, 6) is 0.921. The van der Waals surface area contributed by atoms with E-state index >= 15 is 0 Å². The normalized spacial score (nSPS) is 22.5. The molecule has 1 amide bonds. The molecule has 2 rings (SSSR count). The maximum absolute atomic E-state index is 12.8. The van der Waals surface area contributed by atoms with Crippen molar-refractivity contribution in [3.8, 4) is 0 Å². The zero-order valence-corrected chi connectivity index (χ0v) is 12.1. The van der Waals surface area contributed by atoms with Gasteiger partial charge in [-0.15, -0.1) is 0 Å². The summed E-state index contributed by atoms with van der Waals surface area (Å²) >= 11 is 5.23. The molecule has 2 aliphatic rings. The maximum Gasteiger partial charge on any atom is 0.235 e. The smallest absolute Gasteiger partial charge is 0.235 e. The summed E-state index contributed by atoms with van der Waals surface area (Å²) in [6.07, 6.45) is 7.58. The molecule has 0 radical (unpaired) electrons. The van der Waals surface area contributed by atoms with E-state index < -0.39 is 5.41 Å². The van der Waals surface area contributed by atoms with E-state index in [-0.39, 0.29) is 5.91 Å². The van der Waals surface area contributed by atoms with Gasteiger partial charge in [0.1, 0.15) is 0 Å². The van der Waals surface area contributed by atoms with E-state index in [9.17, 15) is 4.79 Å². The molecule has 0 bridgehead atoms. The lowest BCUT2D eigenvalue weighted by molar-refractivity contribution is -0.139. The molecule has 2 fully saturated rings. The van der Waals surface area contributed by atoms with Gasteiger partial charge in [-0.2, -0.15) is 0 Å². The predicted molar refractivity (Wildman–Crippen MR) is 77.3 cm³/mol. The minimum absolute atomic E-state index is 0.198. The Hall–Kier alpha value is -0.640. The Labute approximate surface area is 115 Å². The number of nitrogens with zero attached hydrogens (tertiary/aromatic N) is 1. The van der Waals surface area contributed by atoms with Crippen LogP contribution in [0.25, 0.3) is 0 Å². The summed E-state index contributed by atoms with van der Waals surface area (Å²) in [6.45, 7) is 3.73. The standard InChI is InChI=1S/C14H24N2OS/c1-2-16(10-11-6-7-11)13(17)14(12(15)18)8-4-3-5-9-14/h11H,2-10H2,1H3,(H2,15,18). The number of nitrogens with two attached hydrogens (primary N) is 1. The number of hydrogen-bond donors (Lipinski definition) is 1. The summed E-state index contributed by atoms with van der Waals surface area (Å²) in [4.78, 5) is 15.2. The fourth-order valence-electron chi connectivity index (χ4n) is 2.99. The van der Waals surface area contributed by atoms with E-state index in [1.807, 2.05) is 4.90 Å². The summed E-state index contributed by atoms with van der Waals surface area (Å²) in [7, 11) is 0. The van der Waals surface area contributed by atoms with Crippen LogP contribution in [0, 0.1) is 11.3 Å². The molecule has 0 aromatic heterocycles. The molecule has 18 heavy (non-hydrogen) atoms. The number of hydrogen-bond acceptors (Lipinski definition) is 2. The fourth-order valence-corrected chi connectivity index (χ4v) is 3.28. The van der Waals surface area contributed by atoms with Crippen LogP contribution in [0.15, 0.2) is 0 Å². The molecule has 4 heteroatoms. The monoisotopic (exact) mass is 268 g/mol. The van der Waals surface area contributed by atoms with Crippen molar-refractivity contribution in [1.82, 2.24) is 4.90 Å². The highest BCUT2D eigenvalue weighted by atomic mass is 32.1. The molecule has 3 nitrogen and oxygen atoms in total. The van der Waals surface area contributed by atoms with Crippen LogP contribution < -0.4 is 5.73 Å². The van der Waals surface area contributed by atoms with Crippen molar-refractivity contribution in [2.24, 2.45) is 17.1 Å². The molecule has 0 aromatic carbocycles. The van der Waals surface area contributed by atoms with Crippen LogP contribution in [0.2, 0.25) is 0 Å². The Morgan fingerprint density at radius 3 is 2.39 bits per heavy atom. The van der Waals surface area contributed by atoms with E-state index in [4.69, 9.17) is 18.0 Å². The van der Waals surface area contributed by atoms with Gasteiger partial charge in [-0.25, -0.2) is 0 Å². The molecule has 0 spiro atoms. The molecule has 0 unspecified atom stereocenters. The molecule has 2 saturated carbocycles. The Kier molecular flexibility index (Phi) is 4.25. The van der Waals surface area contributed by atoms with Gasteiger partial charge in [0.15, 0.2) is 0 Å². The first kappa shape index (κ1) is 13.8. The lowest BCUT2D eigenvalue weighted by Gasteiger charge is -2.38. The highest BCUT2D eigenvalue weighted by molar-refractivity contribution is 7.80. The van der Waals surface area contributed by atoms with E-state index in [0.717, 1.165) is 44.7 Å². The van der Waals surface area contributed by atoms with Gasteiger partial charge in [0.2, 0.25) is 5.91 Å². The van der Waals surface area contributed by atoms with Crippen molar-refractivity contribution in [3.05, 3.63) is 0 Å². The van der Waals surface area contributed by atoms with Crippen LogP contribution in [0.5, 0.6) is 0 Å². The Morgan fingerprint density at radius 2 is 1.94 bits per heavy atom. The molecule has 2 aliphatic carbocycles. The minimum Gasteiger partial charge on any atom is -0.392 e. The number of carbonyl (C=O) groups is 1. The van der Waals surface area contributed by atoms with Crippen LogP contribution in [0.4, 0.5) is 0 Å². The first-order valence-electron chi connectivity index (χ1n) is 7.19. The second kappa shape index (κ2) is 5.55. The number of amides is 1. The quantitative estimate of drug-likeness (QED) is 0.779. The third kappa shape index (κ3) is 2.68. The van der Waals surface area contributed by atoms with Crippen LogP contribution >= 0.6 is 12.2 Å². The van der Waals surface area contributed by atoms with Crippen LogP contribution in [-0.2, 0) is 4.79 Å². The van der Waals surface area contributed by atoms with Crippen molar-refractivity contribution < 1.29 is 4.79 Å². The molecule has 0 heterocycles. The van der Waals surface area contributed by atoms with Gasteiger partial charge >= 0.3 is 0 Å². The van der Waals surface area contributed by atoms with Gasteiger partial charge in [-0.05, 0) is 38.5 Å². The van der Waals surface area contributed by atoms with Crippen LogP contribution in [-0.4, -0.2) is 28.9 Å². The van der Waals surface area contributed by atoms with Crippen molar-refractivity contribution in [1.29, 1.82) is 0 Å². The van der Waals surface area contributed by atoms with Crippen molar-refractivity contribution in [3.63, 3.8) is 0 Å². The van der Waals surface area contributed by atoms with Crippen LogP contribution in [0.3, 0.4) is 0 Å². The van der Waals surface area contributed by atoms with Gasteiger partial charge in [-0.1, -0.05) is 31.5 Å². The second-order valence-corrected chi connectivity index (χ2v) is 6.23. The molecule has 102 valence electrons. The molecular formula is C14H24N2OS. The molecule has 0 aliphatic heterocycles. The number of rotatable bonds is 5. The SMILES string of the molecule is CCN(CC1CC1)C(=O)C1(C(N)=S)CCCCC1. The van der Waals surface area contributed by atoms with Gasteiger partial charge in [0, 0.05) is 13.1 Å². The summed E-state index contributed by atoms with van der Waals surface area (Å²) < 4.78 is 0. The maximum atomic E-state index is 12.8. The summed E-state index contributed by atoms with van der Waals surface area (Å²) in [5, 5.41) is 0. The molecular weight excluding hydrogens is 244 g/mol. The van der Waals surface area contributed by atoms with Crippen molar-refractivity contribution in [2.75, 3.05) is 13.1 Å². The number of thiocarbonyl (C=S) groups is 1. The predicted octanol–water partition coefficient (Wildman–Crippen LogP) is 2.48. The van der Waals surface area contributed by atoms with Crippen molar-refractivity contribution >= 4 is 23.1 Å². The molecule has 2 N–H and O–H groups in total. The second-order valence-electron chi connectivity index (χ2n) is 5.79. The lowest BCUT2D eigenvalue weighted by atomic mass is 9.73. The highest BCUT2D eigenvalue weighted by Crippen LogP contribution is 2.39. The first-order valence-corrected chi connectivity index (χ1v) is 7.60. The Bertz CT molecular complexity index is 333. The first-order chi connectivity index (χ1) is 8.60.